The zero-order valence-electron chi connectivity index (χ0n) is 44.2. The van der Waals surface area contributed by atoms with Crippen LogP contribution in [0, 0.1) is 35.5 Å². The molecule has 1 spiro atoms. The number of oxazole rings is 1. The van der Waals surface area contributed by atoms with Gasteiger partial charge in [-0.2, -0.15) is 0 Å². The third-order valence-corrected chi connectivity index (χ3v) is 15.0. The van der Waals surface area contributed by atoms with Crippen molar-refractivity contribution >= 4 is 19.8 Å². The fourth-order valence-electron chi connectivity index (χ4n) is 9.56. The van der Waals surface area contributed by atoms with Crippen molar-refractivity contribution in [2.75, 3.05) is 41.5 Å². The molecular formula is C52H84N3O15P. The van der Waals surface area contributed by atoms with Crippen LogP contribution in [0.4, 0.5) is 0 Å². The minimum atomic E-state index is -5.19. The highest BCUT2D eigenvalue weighted by atomic mass is 31.2. The fourth-order valence-corrected chi connectivity index (χ4v) is 10.3. The van der Waals surface area contributed by atoms with Crippen molar-refractivity contribution in [3.63, 3.8) is 0 Å². The number of methoxy groups -OCH3 is 2. The van der Waals surface area contributed by atoms with Crippen molar-refractivity contribution in [2.45, 2.75) is 167 Å². The first-order chi connectivity index (χ1) is 33.0. The maximum atomic E-state index is 12.7. The van der Waals surface area contributed by atoms with E-state index in [1.54, 1.807) is 58.8 Å². The second-order valence-corrected chi connectivity index (χ2v) is 21.7. The molecule has 0 aromatic carbocycles. The van der Waals surface area contributed by atoms with Gasteiger partial charge in [-0.05, 0) is 77.9 Å². The van der Waals surface area contributed by atoms with E-state index in [1.807, 2.05) is 71.9 Å². The number of terminal acetylenes is 1. The van der Waals surface area contributed by atoms with Gasteiger partial charge in [0.1, 0.15) is 29.8 Å². The fraction of sp³-hybridized carbons (Fsp3) is 0.692. The predicted octanol–water partition coefficient (Wildman–Crippen LogP) is 5.19. The van der Waals surface area contributed by atoms with Crippen molar-refractivity contribution in [1.82, 2.24) is 15.2 Å². The molecule has 1 amide bonds. The van der Waals surface area contributed by atoms with Crippen molar-refractivity contribution in [2.24, 2.45) is 23.2 Å². The molecule has 0 bridgehead atoms. The van der Waals surface area contributed by atoms with E-state index in [9.17, 15) is 44.7 Å². The first kappa shape index (κ1) is 61.9. The number of allylic oxidation sites excluding steroid dienone is 7. The third kappa shape index (κ3) is 16.1. The van der Waals surface area contributed by atoms with Gasteiger partial charge >= 0.3 is 7.82 Å². The Morgan fingerprint density at radius 3 is 2.34 bits per heavy atom. The predicted molar refractivity (Wildman–Crippen MR) is 270 cm³/mol. The average molecular weight is 1020 g/mol. The van der Waals surface area contributed by atoms with E-state index in [0.717, 1.165) is 16.7 Å². The zero-order chi connectivity index (χ0) is 53.8. The summed E-state index contributed by atoms with van der Waals surface area (Å²) in [7, 11) is 1.10. The quantitative estimate of drug-likeness (QED) is 0.0337. The third-order valence-electron chi connectivity index (χ3n) is 14.5. The molecule has 0 aliphatic carbocycles. The van der Waals surface area contributed by atoms with Crippen LogP contribution in [0.3, 0.4) is 0 Å². The molecule has 2 saturated heterocycles. The molecule has 18 nitrogen and oxygen atoms in total. The van der Waals surface area contributed by atoms with Crippen molar-refractivity contribution < 1.29 is 72.6 Å². The highest BCUT2D eigenvalue weighted by Crippen LogP contribution is 2.62. The highest BCUT2D eigenvalue weighted by molar-refractivity contribution is 7.46. The van der Waals surface area contributed by atoms with Gasteiger partial charge in [-0.1, -0.05) is 83.4 Å². The van der Waals surface area contributed by atoms with Gasteiger partial charge in [0.05, 0.1) is 43.2 Å². The number of nitrogens with one attached hydrogen (secondary N) is 1. The Hall–Kier alpha value is -3.35. The smallest absolute Gasteiger partial charge is 0.448 e. The molecule has 2 aliphatic heterocycles. The van der Waals surface area contributed by atoms with E-state index >= 15 is 0 Å². The molecule has 2 fully saturated rings. The van der Waals surface area contributed by atoms with E-state index < -0.39 is 97.2 Å². The van der Waals surface area contributed by atoms with Crippen molar-refractivity contribution in [3.8, 4) is 12.3 Å². The van der Waals surface area contributed by atoms with Crippen LogP contribution in [0.15, 0.2) is 63.9 Å². The molecule has 3 rings (SSSR count). The van der Waals surface area contributed by atoms with Gasteiger partial charge in [-0.15, -0.1) is 6.42 Å². The van der Waals surface area contributed by atoms with Gasteiger partial charge in [0.25, 0.3) is 5.91 Å². The van der Waals surface area contributed by atoms with Gasteiger partial charge in [0, 0.05) is 62.7 Å². The highest BCUT2D eigenvalue weighted by Gasteiger charge is 2.72. The molecule has 1 aromatic rings. The lowest BCUT2D eigenvalue weighted by Gasteiger charge is -2.50. The first-order valence-electron chi connectivity index (χ1n) is 24.3. The Kier molecular flexibility index (Phi) is 23.3. The number of phosphoric acid groups is 1. The molecule has 8 N–H and O–H groups in total. The Labute approximate surface area is 421 Å². The molecule has 0 saturated carbocycles. The summed E-state index contributed by atoms with van der Waals surface area (Å²) in [5.41, 5.74) is 0.345. The van der Waals surface area contributed by atoms with Crippen LogP contribution in [-0.2, 0) is 32.8 Å². The zero-order valence-corrected chi connectivity index (χ0v) is 45.1. The lowest BCUT2D eigenvalue weighted by Crippen LogP contribution is -2.58. The molecule has 19 heteroatoms. The SMILES string of the molecule is C#CC=C(C)C=CC=C(C)C(C)=CC(C)C(O)C(C)C(O)CC(OC)C1(C)OC2(CC(O)C(C)C(CC=Cc3coc(C(C)CCNC(=O)C(O)C(O)C(COC)N(C)C)n3)O2)C(C)(C)C1OP(=O)(O)O. The summed E-state index contributed by atoms with van der Waals surface area (Å²) in [4.78, 5) is 39.5. The minimum Gasteiger partial charge on any atom is -0.448 e. The number of aliphatic hydroxyl groups excluding tert-OH is 5. The number of amides is 1. The molecule has 2 aliphatic rings. The van der Waals surface area contributed by atoms with E-state index in [1.165, 1.54) is 20.5 Å². The number of phosphoric ester groups is 1. The number of hydrogen-bond acceptors (Lipinski definition) is 15. The number of likely N-dealkylation sites (N-methyl/N-ethyl adjacent to an activating group) is 1. The van der Waals surface area contributed by atoms with Crippen LogP contribution in [0.2, 0.25) is 0 Å². The van der Waals surface area contributed by atoms with Gasteiger partial charge in [0.2, 0.25) is 0 Å². The maximum Gasteiger partial charge on any atom is 0.469 e. The number of ether oxygens (including phenoxy) is 4. The molecule has 0 radical (unpaired) electrons. The number of hydrogen-bond donors (Lipinski definition) is 8. The number of aliphatic hydroxyl groups is 5. The van der Waals surface area contributed by atoms with Crippen LogP contribution < -0.4 is 5.32 Å². The second kappa shape index (κ2) is 26.7. The summed E-state index contributed by atoms with van der Waals surface area (Å²) in [6.45, 7) is 18.4. The molecular weight excluding hydrogens is 938 g/mol. The topological polar surface area (TPSA) is 263 Å². The molecule has 3 heterocycles. The van der Waals surface area contributed by atoms with E-state index in [2.05, 4.69) is 16.2 Å². The summed E-state index contributed by atoms with van der Waals surface area (Å²) in [5.74, 6) is -1.17. The molecule has 402 valence electrons. The molecule has 71 heavy (non-hydrogen) atoms. The van der Waals surface area contributed by atoms with Gasteiger partial charge in [0.15, 0.2) is 17.8 Å². The van der Waals surface area contributed by atoms with E-state index in [4.69, 9.17) is 34.3 Å². The van der Waals surface area contributed by atoms with Crippen molar-refractivity contribution in [1.29, 1.82) is 0 Å². The minimum absolute atomic E-state index is 0.0743. The van der Waals surface area contributed by atoms with Crippen molar-refractivity contribution in [3.05, 3.63) is 71.0 Å². The van der Waals surface area contributed by atoms with Crippen LogP contribution >= 0.6 is 7.82 Å². The maximum absolute atomic E-state index is 12.7. The largest absolute Gasteiger partial charge is 0.469 e. The standard InChI is InChI=1S/C52H84N3O15P/c1-16-19-31(2)20-17-21-32(3)34(5)26-35(6)44(58)37(8)40(56)27-43(66-15)51(11)49(69-71(62,63)64)50(9,10)52(70-51)28-41(57)36(7)42(68-52)23-18-22-38-29-67-48(54-38)33(4)24-25-53-47(61)46(60)45(59)39(30-65-14)55(12)13/h1,17-22,26,29,33,35-37,39-46,49,56-60H,23-25,27-28,30H2,2-15H3,(H,53,61)(H2,62,63,64). The Balaban J connectivity index is 1.78. The van der Waals surface area contributed by atoms with Gasteiger partial charge in [-0.3, -0.25) is 9.32 Å². The lowest BCUT2D eigenvalue weighted by molar-refractivity contribution is -0.346. The van der Waals surface area contributed by atoms with Crippen LogP contribution in [-0.4, -0.2) is 159 Å². The molecule has 15 atom stereocenters. The summed E-state index contributed by atoms with van der Waals surface area (Å²) in [5, 5.41) is 58.6. The lowest BCUT2D eigenvalue weighted by atomic mass is 9.70. The average Bonchev–Trinajstić information content (AvgIpc) is 3.83. The molecule has 15 unspecified atom stereocenters. The summed E-state index contributed by atoms with van der Waals surface area (Å²) in [6, 6.07) is -0.594. The number of rotatable bonds is 26. The Bertz CT molecular complexity index is 2120. The summed E-state index contributed by atoms with van der Waals surface area (Å²) in [6.07, 6.45) is 10.9. The second-order valence-electron chi connectivity index (χ2n) is 20.5. The first-order valence-corrected chi connectivity index (χ1v) is 25.8. The van der Waals surface area contributed by atoms with E-state index in [-0.39, 0.29) is 44.2 Å². The summed E-state index contributed by atoms with van der Waals surface area (Å²) >= 11 is 0. The van der Waals surface area contributed by atoms with Gasteiger partial charge in [-0.25, -0.2) is 9.55 Å². The summed E-state index contributed by atoms with van der Waals surface area (Å²) < 4.78 is 48.9. The van der Waals surface area contributed by atoms with Crippen LogP contribution in [0.1, 0.15) is 112 Å². The van der Waals surface area contributed by atoms with Gasteiger partial charge < -0.3 is 68.9 Å². The number of aromatic nitrogens is 1. The van der Waals surface area contributed by atoms with Crippen LogP contribution in [0.25, 0.3) is 6.08 Å². The number of carbonyl (C=O) groups excluding carboxylic acids is 1. The number of nitrogens with zero attached hydrogens (tertiary/aromatic N) is 2. The monoisotopic (exact) mass is 1020 g/mol. The molecule has 1 aromatic heterocycles. The normalized spacial score (nSPS) is 28.4. The van der Waals surface area contributed by atoms with E-state index in [0.29, 0.717) is 18.0 Å². The Morgan fingerprint density at radius 1 is 1.08 bits per heavy atom. The van der Waals surface area contributed by atoms with Crippen LogP contribution in [0.5, 0.6) is 0 Å². The number of carbonyl (C=O) groups is 1. The Morgan fingerprint density at radius 2 is 1.75 bits per heavy atom.